The first-order valence-corrected chi connectivity index (χ1v) is 11.0. The zero-order chi connectivity index (χ0) is 19.3. The Balaban J connectivity index is 1.50. The lowest BCUT2D eigenvalue weighted by atomic mass is 10.1. The minimum absolute atomic E-state index is 0.176. The summed E-state index contributed by atoms with van der Waals surface area (Å²) in [6.45, 7) is 3.89. The molecule has 0 aliphatic carbocycles. The van der Waals surface area contributed by atoms with Crippen LogP contribution in [0, 0.1) is 0 Å². The molecule has 1 aliphatic heterocycles. The lowest BCUT2D eigenvalue weighted by molar-refractivity contribution is -0.128. The first-order valence-electron chi connectivity index (χ1n) is 9.97. The normalized spacial score (nSPS) is 15.0. The van der Waals surface area contributed by atoms with E-state index in [0.717, 1.165) is 43.6 Å². The lowest BCUT2D eigenvalue weighted by Crippen LogP contribution is -2.33. The maximum absolute atomic E-state index is 12.6. The molecule has 0 spiro atoms. The first-order chi connectivity index (χ1) is 13.7. The van der Waals surface area contributed by atoms with Crippen LogP contribution in [0.3, 0.4) is 0 Å². The van der Waals surface area contributed by atoms with Crippen molar-refractivity contribution in [3.05, 3.63) is 42.0 Å². The minimum atomic E-state index is 0.176. The predicted molar refractivity (Wildman–Crippen MR) is 111 cm³/mol. The third-order valence-corrected chi connectivity index (χ3v) is 6.08. The van der Waals surface area contributed by atoms with Crippen molar-refractivity contribution >= 4 is 23.3 Å². The molecule has 1 aromatic carbocycles. The molecule has 0 radical (unpaired) electrons. The van der Waals surface area contributed by atoms with Crippen molar-refractivity contribution in [2.75, 3.05) is 18.8 Å². The Labute approximate surface area is 169 Å². The van der Waals surface area contributed by atoms with Gasteiger partial charge in [0.2, 0.25) is 11.1 Å². The Kier molecular flexibility index (Phi) is 5.90. The molecule has 1 saturated heterocycles. The molecule has 6 nitrogen and oxygen atoms in total. The van der Waals surface area contributed by atoms with Gasteiger partial charge in [0, 0.05) is 18.7 Å². The van der Waals surface area contributed by atoms with E-state index < -0.39 is 0 Å². The van der Waals surface area contributed by atoms with Crippen LogP contribution in [-0.4, -0.2) is 49.5 Å². The molecule has 1 amide bonds. The Morgan fingerprint density at radius 3 is 2.46 bits per heavy atom. The average Bonchev–Trinajstić information content (AvgIpc) is 2.95. The smallest absolute Gasteiger partial charge is 0.233 e. The average molecular weight is 396 g/mol. The number of rotatable bonds is 5. The van der Waals surface area contributed by atoms with Crippen molar-refractivity contribution in [2.24, 2.45) is 0 Å². The quantitative estimate of drug-likeness (QED) is 0.614. The van der Waals surface area contributed by atoms with E-state index in [9.17, 15) is 4.79 Å². The number of likely N-dealkylation sites (tertiary alicyclic amines) is 1. The monoisotopic (exact) mass is 395 g/mol. The number of hydrogen-bond acceptors (Lipinski definition) is 5. The molecule has 0 saturated carbocycles. The highest BCUT2D eigenvalue weighted by atomic mass is 32.2. The SMILES string of the molecule is CCc1ccc(-c2ccc3nnc(SCC(=O)N4CCCCCC4)n3n2)cc1. The fourth-order valence-electron chi connectivity index (χ4n) is 3.46. The highest BCUT2D eigenvalue weighted by Gasteiger charge is 2.17. The van der Waals surface area contributed by atoms with Gasteiger partial charge in [-0.05, 0) is 37.0 Å². The molecule has 2 aromatic heterocycles. The number of carbonyl (C=O) groups excluding carboxylic acids is 1. The summed E-state index contributed by atoms with van der Waals surface area (Å²) in [6.07, 6.45) is 5.66. The van der Waals surface area contributed by atoms with Crippen LogP contribution in [0.5, 0.6) is 0 Å². The van der Waals surface area contributed by atoms with Gasteiger partial charge in [0.15, 0.2) is 5.65 Å². The summed E-state index contributed by atoms with van der Waals surface area (Å²) in [5, 5.41) is 13.8. The van der Waals surface area contributed by atoms with E-state index in [1.165, 1.54) is 30.2 Å². The van der Waals surface area contributed by atoms with Crippen molar-refractivity contribution < 1.29 is 4.79 Å². The Hall–Kier alpha value is -2.41. The topological polar surface area (TPSA) is 63.4 Å². The van der Waals surface area contributed by atoms with Gasteiger partial charge in [0.25, 0.3) is 0 Å². The number of benzene rings is 1. The fourth-order valence-corrected chi connectivity index (χ4v) is 4.25. The van der Waals surface area contributed by atoms with Crippen molar-refractivity contribution in [2.45, 2.75) is 44.2 Å². The summed E-state index contributed by atoms with van der Waals surface area (Å²) in [5.74, 6) is 0.549. The Morgan fingerprint density at radius 1 is 1.00 bits per heavy atom. The summed E-state index contributed by atoms with van der Waals surface area (Å²) >= 11 is 1.41. The molecule has 146 valence electrons. The molecule has 0 N–H and O–H groups in total. The second-order valence-electron chi connectivity index (χ2n) is 7.11. The molecule has 3 aromatic rings. The molecule has 1 fully saturated rings. The van der Waals surface area contributed by atoms with Crippen LogP contribution in [0.25, 0.3) is 16.9 Å². The summed E-state index contributed by atoms with van der Waals surface area (Å²) < 4.78 is 1.74. The molecular weight excluding hydrogens is 370 g/mol. The van der Waals surface area contributed by atoms with E-state index in [0.29, 0.717) is 16.6 Å². The first kappa shape index (κ1) is 18.9. The largest absolute Gasteiger partial charge is 0.342 e. The van der Waals surface area contributed by atoms with Crippen LogP contribution < -0.4 is 0 Å². The van der Waals surface area contributed by atoms with Crippen molar-refractivity contribution in [3.63, 3.8) is 0 Å². The molecular formula is C21H25N5OS. The summed E-state index contributed by atoms with van der Waals surface area (Å²) in [5.41, 5.74) is 3.93. The second-order valence-corrected chi connectivity index (χ2v) is 8.05. The fraction of sp³-hybridized carbons (Fsp3) is 0.429. The number of aromatic nitrogens is 4. The zero-order valence-electron chi connectivity index (χ0n) is 16.2. The lowest BCUT2D eigenvalue weighted by Gasteiger charge is -2.19. The Bertz CT molecular complexity index is 945. The van der Waals surface area contributed by atoms with E-state index in [1.54, 1.807) is 4.52 Å². The Morgan fingerprint density at radius 2 is 1.75 bits per heavy atom. The van der Waals surface area contributed by atoms with Gasteiger partial charge in [0.05, 0.1) is 11.4 Å². The van der Waals surface area contributed by atoms with Gasteiger partial charge < -0.3 is 4.90 Å². The molecule has 0 atom stereocenters. The van der Waals surface area contributed by atoms with Gasteiger partial charge in [-0.3, -0.25) is 4.79 Å². The molecule has 1 aliphatic rings. The summed E-state index contributed by atoms with van der Waals surface area (Å²) in [6, 6.07) is 12.3. The number of nitrogens with zero attached hydrogens (tertiary/aromatic N) is 5. The molecule has 0 unspecified atom stereocenters. The molecule has 7 heteroatoms. The second kappa shape index (κ2) is 8.73. The maximum Gasteiger partial charge on any atom is 0.233 e. The van der Waals surface area contributed by atoms with Gasteiger partial charge in [-0.2, -0.15) is 9.61 Å². The highest BCUT2D eigenvalue weighted by molar-refractivity contribution is 7.99. The van der Waals surface area contributed by atoms with Gasteiger partial charge in [0.1, 0.15) is 0 Å². The van der Waals surface area contributed by atoms with E-state index >= 15 is 0 Å². The maximum atomic E-state index is 12.6. The van der Waals surface area contributed by atoms with E-state index in [4.69, 9.17) is 5.10 Å². The third kappa shape index (κ3) is 4.19. The third-order valence-electron chi connectivity index (χ3n) is 5.18. The minimum Gasteiger partial charge on any atom is -0.342 e. The number of thioether (sulfide) groups is 1. The van der Waals surface area contributed by atoms with Crippen molar-refractivity contribution in [1.29, 1.82) is 0 Å². The van der Waals surface area contributed by atoms with Crippen molar-refractivity contribution in [1.82, 2.24) is 24.7 Å². The van der Waals surface area contributed by atoms with Crippen LogP contribution in [0.4, 0.5) is 0 Å². The van der Waals surface area contributed by atoms with Crippen molar-refractivity contribution in [3.8, 4) is 11.3 Å². The predicted octanol–water partition coefficient (Wildman–Crippen LogP) is 3.85. The number of hydrogen-bond donors (Lipinski definition) is 0. The van der Waals surface area contributed by atoms with Crippen LogP contribution in [0.1, 0.15) is 38.2 Å². The highest BCUT2D eigenvalue weighted by Crippen LogP contribution is 2.22. The van der Waals surface area contributed by atoms with Gasteiger partial charge >= 0.3 is 0 Å². The van der Waals surface area contributed by atoms with E-state index in [-0.39, 0.29) is 5.91 Å². The van der Waals surface area contributed by atoms with Gasteiger partial charge in [-0.15, -0.1) is 10.2 Å². The molecule has 28 heavy (non-hydrogen) atoms. The molecule has 4 rings (SSSR count). The summed E-state index contributed by atoms with van der Waals surface area (Å²) in [4.78, 5) is 14.5. The zero-order valence-corrected chi connectivity index (χ0v) is 17.0. The van der Waals surface area contributed by atoms with Crippen LogP contribution in [0.15, 0.2) is 41.6 Å². The van der Waals surface area contributed by atoms with Gasteiger partial charge in [-0.1, -0.05) is 55.8 Å². The number of carbonyl (C=O) groups is 1. The standard InChI is InChI=1S/C21H25N5OS/c1-2-16-7-9-17(10-8-16)18-11-12-19-22-23-21(26(19)24-18)28-15-20(27)25-13-5-3-4-6-14-25/h7-12H,2-6,13-15H2,1H3. The van der Waals surface area contributed by atoms with E-state index in [2.05, 4.69) is 41.4 Å². The van der Waals surface area contributed by atoms with Gasteiger partial charge in [-0.25, -0.2) is 0 Å². The number of amides is 1. The molecule has 0 bridgehead atoms. The van der Waals surface area contributed by atoms with Crippen LogP contribution in [-0.2, 0) is 11.2 Å². The van der Waals surface area contributed by atoms with Crippen LogP contribution in [0.2, 0.25) is 0 Å². The summed E-state index contributed by atoms with van der Waals surface area (Å²) in [7, 11) is 0. The number of aryl methyl sites for hydroxylation is 1. The van der Waals surface area contributed by atoms with Crippen LogP contribution >= 0.6 is 11.8 Å². The number of fused-ring (bicyclic) bond motifs is 1. The molecule has 3 heterocycles. The van der Waals surface area contributed by atoms with E-state index in [1.807, 2.05) is 17.0 Å².